The van der Waals surface area contributed by atoms with Crippen LogP contribution in [0.4, 0.5) is 5.69 Å². The Morgan fingerprint density at radius 1 is 1.04 bits per heavy atom. The third-order valence-corrected chi connectivity index (χ3v) is 4.96. The zero-order valence-corrected chi connectivity index (χ0v) is 15.0. The largest absolute Gasteiger partial charge is 0.274 e. The third-order valence-electron chi connectivity index (χ3n) is 4.96. The Hall–Kier alpha value is -3.21. The van der Waals surface area contributed by atoms with Crippen LogP contribution < -0.4 is 4.90 Å². The van der Waals surface area contributed by atoms with Crippen molar-refractivity contribution >= 4 is 34.4 Å². The molecular formula is C21H19N3O2. The number of aryl methyl sites for hydroxylation is 2. The van der Waals surface area contributed by atoms with Gasteiger partial charge in [0.15, 0.2) is 0 Å². The van der Waals surface area contributed by atoms with Gasteiger partial charge in [0.05, 0.1) is 17.8 Å². The summed E-state index contributed by atoms with van der Waals surface area (Å²) in [5.74, 6) is -0.453. The summed E-state index contributed by atoms with van der Waals surface area (Å²) in [6.45, 7) is 3.86. The molecule has 2 heterocycles. The first-order valence-electron chi connectivity index (χ1n) is 8.53. The van der Waals surface area contributed by atoms with Gasteiger partial charge in [-0.2, -0.15) is 5.10 Å². The number of benzene rings is 2. The molecule has 0 aliphatic carbocycles. The zero-order valence-electron chi connectivity index (χ0n) is 15.0. The van der Waals surface area contributed by atoms with E-state index in [0.717, 1.165) is 27.7 Å². The molecule has 0 saturated carbocycles. The number of carbonyl (C=O) groups excluding carboxylic acids is 2. The average molecular weight is 345 g/mol. The van der Waals surface area contributed by atoms with Gasteiger partial charge in [0, 0.05) is 29.3 Å². The number of amides is 2. The van der Waals surface area contributed by atoms with Gasteiger partial charge in [0.2, 0.25) is 5.91 Å². The Morgan fingerprint density at radius 3 is 2.50 bits per heavy atom. The number of hydrogen-bond donors (Lipinski definition) is 0. The van der Waals surface area contributed by atoms with Gasteiger partial charge in [0.1, 0.15) is 0 Å². The highest BCUT2D eigenvalue weighted by atomic mass is 16.2. The second-order valence-electron chi connectivity index (χ2n) is 6.59. The van der Waals surface area contributed by atoms with Gasteiger partial charge in [-0.25, -0.2) is 4.90 Å². The fourth-order valence-corrected chi connectivity index (χ4v) is 3.51. The first-order chi connectivity index (χ1) is 12.5. The monoisotopic (exact) mass is 345 g/mol. The van der Waals surface area contributed by atoms with E-state index in [2.05, 4.69) is 5.10 Å². The van der Waals surface area contributed by atoms with Crippen LogP contribution in [-0.4, -0.2) is 21.6 Å². The molecule has 0 spiro atoms. The lowest BCUT2D eigenvalue weighted by Gasteiger charge is -2.16. The van der Waals surface area contributed by atoms with Gasteiger partial charge in [-0.15, -0.1) is 0 Å². The lowest BCUT2D eigenvalue weighted by molar-refractivity contribution is -0.120. The summed E-state index contributed by atoms with van der Waals surface area (Å²) in [5.41, 5.74) is 3.87. The van der Waals surface area contributed by atoms with E-state index in [1.807, 2.05) is 69.4 Å². The third kappa shape index (κ3) is 2.44. The highest BCUT2D eigenvalue weighted by Crippen LogP contribution is 2.33. The van der Waals surface area contributed by atoms with E-state index >= 15 is 0 Å². The van der Waals surface area contributed by atoms with Crippen molar-refractivity contribution in [2.24, 2.45) is 7.05 Å². The normalized spacial score (nSPS) is 16.3. The van der Waals surface area contributed by atoms with Crippen LogP contribution in [0.25, 0.3) is 16.8 Å². The molecule has 2 amide bonds. The molecule has 1 aliphatic heterocycles. The van der Waals surface area contributed by atoms with Gasteiger partial charge < -0.3 is 0 Å². The molecule has 5 heteroatoms. The second kappa shape index (κ2) is 5.95. The molecule has 130 valence electrons. The van der Waals surface area contributed by atoms with Crippen molar-refractivity contribution in [1.82, 2.24) is 9.78 Å². The minimum absolute atomic E-state index is 0.107. The molecule has 2 aromatic carbocycles. The second-order valence-corrected chi connectivity index (χ2v) is 6.59. The summed E-state index contributed by atoms with van der Waals surface area (Å²) in [6.07, 6.45) is 1.92. The van der Waals surface area contributed by atoms with Crippen molar-refractivity contribution in [2.75, 3.05) is 4.90 Å². The van der Waals surface area contributed by atoms with Crippen molar-refractivity contribution in [3.8, 4) is 0 Å². The van der Waals surface area contributed by atoms with Gasteiger partial charge in [-0.05, 0) is 31.4 Å². The average Bonchev–Trinajstić information content (AvgIpc) is 3.04. The van der Waals surface area contributed by atoms with Crippen molar-refractivity contribution < 1.29 is 9.59 Å². The summed E-state index contributed by atoms with van der Waals surface area (Å²) < 4.78 is 1.78. The maximum absolute atomic E-state index is 13.0. The van der Waals surface area contributed by atoms with Gasteiger partial charge in [0.25, 0.3) is 5.91 Å². The van der Waals surface area contributed by atoms with E-state index in [0.29, 0.717) is 11.3 Å². The lowest BCUT2D eigenvalue weighted by atomic mass is 10.1. The Kier molecular flexibility index (Phi) is 3.72. The molecule has 0 radical (unpaired) electrons. The van der Waals surface area contributed by atoms with Crippen LogP contribution in [0, 0.1) is 13.8 Å². The minimum Gasteiger partial charge on any atom is -0.274 e. The number of aromatic nitrogens is 2. The molecule has 3 aromatic rings. The molecule has 26 heavy (non-hydrogen) atoms. The van der Waals surface area contributed by atoms with E-state index in [1.54, 1.807) is 4.68 Å². The van der Waals surface area contributed by atoms with Crippen LogP contribution in [0.1, 0.15) is 23.4 Å². The highest BCUT2D eigenvalue weighted by Gasteiger charge is 2.36. The molecule has 4 rings (SSSR count). The van der Waals surface area contributed by atoms with Gasteiger partial charge in [-0.1, -0.05) is 36.4 Å². The van der Waals surface area contributed by atoms with Crippen LogP contribution in [0.5, 0.6) is 0 Å². The minimum atomic E-state index is -0.256. The van der Waals surface area contributed by atoms with Crippen LogP contribution in [-0.2, 0) is 16.6 Å². The number of rotatable bonds is 2. The topological polar surface area (TPSA) is 55.2 Å². The molecular weight excluding hydrogens is 326 g/mol. The predicted octanol–water partition coefficient (Wildman–Crippen LogP) is 3.54. The Balaban J connectivity index is 1.80. The van der Waals surface area contributed by atoms with Crippen molar-refractivity contribution in [3.05, 3.63) is 65.0 Å². The summed E-state index contributed by atoms with van der Waals surface area (Å²) in [6, 6.07) is 13.4. The quantitative estimate of drug-likeness (QED) is 0.527. The molecule has 1 saturated heterocycles. The highest BCUT2D eigenvalue weighted by molar-refractivity contribution is 6.31. The molecule has 0 N–H and O–H groups in total. The van der Waals surface area contributed by atoms with E-state index in [9.17, 15) is 9.59 Å². The van der Waals surface area contributed by atoms with Crippen LogP contribution in [0.2, 0.25) is 0 Å². The zero-order chi connectivity index (χ0) is 18.4. The molecule has 1 fully saturated rings. The number of nitrogens with zero attached hydrogens (tertiary/aromatic N) is 3. The van der Waals surface area contributed by atoms with Crippen molar-refractivity contribution in [2.45, 2.75) is 20.3 Å². The summed E-state index contributed by atoms with van der Waals surface area (Å²) in [7, 11) is 1.87. The number of carbonyl (C=O) groups is 2. The first-order valence-corrected chi connectivity index (χ1v) is 8.53. The van der Waals surface area contributed by atoms with E-state index in [-0.39, 0.29) is 18.2 Å². The molecule has 0 unspecified atom stereocenters. The summed E-state index contributed by atoms with van der Waals surface area (Å²) >= 11 is 0. The van der Waals surface area contributed by atoms with Crippen molar-refractivity contribution in [3.63, 3.8) is 0 Å². The standard InChI is InChI=1S/C21H19N3O2/c1-13-18(14(2)23(3)22-13)11-16-12-20(25)24(21(16)26)19-10-6-8-15-7-4-5-9-17(15)19/h4-11H,12H2,1-3H3. The van der Waals surface area contributed by atoms with E-state index in [1.165, 1.54) is 4.90 Å². The summed E-state index contributed by atoms with van der Waals surface area (Å²) in [4.78, 5) is 27.0. The molecule has 0 atom stereocenters. The maximum atomic E-state index is 13.0. The van der Waals surface area contributed by atoms with Crippen LogP contribution >= 0.6 is 0 Å². The Labute approximate surface area is 151 Å². The number of imide groups is 1. The van der Waals surface area contributed by atoms with E-state index < -0.39 is 0 Å². The smallest absolute Gasteiger partial charge is 0.261 e. The lowest BCUT2D eigenvalue weighted by Crippen LogP contribution is -2.29. The Morgan fingerprint density at radius 2 is 1.77 bits per heavy atom. The molecule has 5 nitrogen and oxygen atoms in total. The summed E-state index contributed by atoms with van der Waals surface area (Å²) in [5, 5.41) is 6.27. The van der Waals surface area contributed by atoms with Crippen molar-refractivity contribution in [1.29, 1.82) is 0 Å². The molecule has 1 aromatic heterocycles. The fraction of sp³-hybridized carbons (Fsp3) is 0.190. The first kappa shape index (κ1) is 16.3. The van der Waals surface area contributed by atoms with Gasteiger partial charge in [-0.3, -0.25) is 14.3 Å². The molecule has 0 bridgehead atoms. The van der Waals surface area contributed by atoms with E-state index in [4.69, 9.17) is 0 Å². The van der Waals surface area contributed by atoms with Gasteiger partial charge >= 0.3 is 0 Å². The Bertz CT molecular complexity index is 1090. The van der Waals surface area contributed by atoms with Crippen LogP contribution in [0.15, 0.2) is 48.0 Å². The fourth-order valence-electron chi connectivity index (χ4n) is 3.51. The molecule has 1 aliphatic rings. The number of anilines is 1. The number of fused-ring (bicyclic) bond motifs is 1. The number of hydrogen-bond acceptors (Lipinski definition) is 3. The van der Waals surface area contributed by atoms with Crippen LogP contribution in [0.3, 0.4) is 0 Å². The maximum Gasteiger partial charge on any atom is 0.261 e. The SMILES string of the molecule is Cc1nn(C)c(C)c1C=C1CC(=O)N(c2cccc3ccccc23)C1=O. The predicted molar refractivity (Wildman–Crippen MR) is 102 cm³/mol.